The van der Waals surface area contributed by atoms with Gasteiger partial charge in [0.25, 0.3) is 0 Å². The highest BCUT2D eigenvalue weighted by Crippen LogP contribution is 2.15. The molecule has 0 aliphatic heterocycles. The van der Waals surface area contributed by atoms with Gasteiger partial charge in [0.05, 0.1) is 0 Å². The molecule has 0 atom stereocenters. The summed E-state index contributed by atoms with van der Waals surface area (Å²) in [5.74, 6) is 0.116. The number of rotatable bonds is 6. The number of Topliss-reactive ketones (excluding diaryl/α,β-unsaturated/α-hetero) is 1. The lowest BCUT2D eigenvalue weighted by atomic mass is 10.1. The number of benzene rings is 1. The average molecular weight is 220 g/mol. The van der Waals surface area contributed by atoms with E-state index in [-0.39, 0.29) is 5.78 Å². The van der Waals surface area contributed by atoms with Gasteiger partial charge in [0.15, 0.2) is 5.78 Å². The first-order valence-corrected chi connectivity index (χ1v) is 5.62. The molecule has 0 amide bonds. The molecule has 88 valence electrons. The smallest absolute Gasteiger partial charge is 0.159 e. The Morgan fingerprint density at radius 2 is 2.19 bits per heavy atom. The third kappa shape index (κ3) is 3.66. The van der Waals surface area contributed by atoms with Gasteiger partial charge >= 0.3 is 0 Å². The van der Waals surface area contributed by atoms with Gasteiger partial charge in [-0.2, -0.15) is 0 Å². The van der Waals surface area contributed by atoms with Crippen LogP contribution in [-0.4, -0.2) is 33.0 Å². The van der Waals surface area contributed by atoms with Crippen molar-refractivity contribution in [2.24, 2.45) is 0 Å². The van der Waals surface area contributed by atoms with E-state index in [9.17, 15) is 4.79 Å². The molecule has 16 heavy (non-hydrogen) atoms. The van der Waals surface area contributed by atoms with Crippen LogP contribution in [0.4, 0.5) is 5.69 Å². The van der Waals surface area contributed by atoms with Gasteiger partial charge in [-0.15, -0.1) is 0 Å². The first-order valence-electron chi connectivity index (χ1n) is 5.62. The number of carbonyl (C=O) groups excluding carboxylic acids is 1. The fraction of sp³-hybridized carbons (Fsp3) is 0.462. The Hall–Kier alpha value is -1.35. The van der Waals surface area contributed by atoms with Crippen LogP contribution in [-0.2, 0) is 0 Å². The second kappa shape index (κ2) is 6.28. The molecule has 0 bridgehead atoms. The molecule has 3 heteroatoms. The van der Waals surface area contributed by atoms with Gasteiger partial charge in [-0.3, -0.25) is 4.79 Å². The Bertz CT molecular complexity index is 350. The lowest BCUT2D eigenvalue weighted by molar-refractivity contribution is 0.101. The molecule has 1 aromatic rings. The van der Waals surface area contributed by atoms with E-state index in [2.05, 4.69) is 17.3 Å². The van der Waals surface area contributed by atoms with Crippen molar-refractivity contribution in [2.75, 3.05) is 32.1 Å². The second-order valence-electron chi connectivity index (χ2n) is 3.99. The molecule has 1 rings (SSSR count). The quantitative estimate of drug-likeness (QED) is 0.587. The SMILES string of the molecule is CNCCCN(C)c1cccc(C(C)=O)c1. The van der Waals surface area contributed by atoms with Gasteiger partial charge in [-0.05, 0) is 39.1 Å². The van der Waals surface area contributed by atoms with Crippen LogP contribution in [0.1, 0.15) is 23.7 Å². The van der Waals surface area contributed by atoms with Gasteiger partial charge in [0, 0.05) is 24.8 Å². The van der Waals surface area contributed by atoms with Gasteiger partial charge in [0.2, 0.25) is 0 Å². The maximum Gasteiger partial charge on any atom is 0.159 e. The Balaban J connectivity index is 2.64. The topological polar surface area (TPSA) is 32.3 Å². The summed E-state index contributed by atoms with van der Waals surface area (Å²) < 4.78 is 0. The molecule has 0 spiro atoms. The number of hydrogen-bond acceptors (Lipinski definition) is 3. The van der Waals surface area contributed by atoms with Crippen molar-refractivity contribution in [3.8, 4) is 0 Å². The van der Waals surface area contributed by atoms with Crippen molar-refractivity contribution >= 4 is 11.5 Å². The van der Waals surface area contributed by atoms with Crippen LogP contribution in [0.15, 0.2) is 24.3 Å². The maximum absolute atomic E-state index is 11.3. The number of nitrogens with zero attached hydrogens (tertiary/aromatic N) is 1. The molecule has 1 aromatic carbocycles. The van der Waals surface area contributed by atoms with Gasteiger partial charge in [-0.1, -0.05) is 12.1 Å². The highest BCUT2D eigenvalue weighted by molar-refractivity contribution is 5.94. The zero-order valence-electron chi connectivity index (χ0n) is 10.3. The highest BCUT2D eigenvalue weighted by Gasteiger charge is 2.03. The Kier molecular flexibility index (Phi) is 4.99. The van der Waals surface area contributed by atoms with Crippen LogP contribution >= 0.6 is 0 Å². The fourth-order valence-corrected chi connectivity index (χ4v) is 1.58. The second-order valence-corrected chi connectivity index (χ2v) is 3.99. The minimum Gasteiger partial charge on any atom is -0.375 e. The number of nitrogens with one attached hydrogen (secondary N) is 1. The van der Waals surface area contributed by atoms with E-state index >= 15 is 0 Å². The summed E-state index contributed by atoms with van der Waals surface area (Å²) in [5.41, 5.74) is 1.88. The summed E-state index contributed by atoms with van der Waals surface area (Å²) in [6.07, 6.45) is 1.09. The number of ketones is 1. The molecule has 1 N–H and O–H groups in total. The number of carbonyl (C=O) groups is 1. The summed E-state index contributed by atoms with van der Waals surface area (Å²) in [6, 6.07) is 7.77. The molecule has 0 fully saturated rings. The predicted molar refractivity (Wildman–Crippen MR) is 68.3 cm³/mol. The molecule has 0 aliphatic rings. The molecule has 0 radical (unpaired) electrons. The van der Waals surface area contributed by atoms with Crippen molar-refractivity contribution in [2.45, 2.75) is 13.3 Å². The van der Waals surface area contributed by atoms with Crippen molar-refractivity contribution in [3.05, 3.63) is 29.8 Å². The summed E-state index contributed by atoms with van der Waals surface area (Å²) >= 11 is 0. The van der Waals surface area contributed by atoms with Gasteiger partial charge < -0.3 is 10.2 Å². The van der Waals surface area contributed by atoms with Crippen molar-refractivity contribution in [3.63, 3.8) is 0 Å². The van der Waals surface area contributed by atoms with Crippen molar-refractivity contribution in [1.82, 2.24) is 5.32 Å². The third-order valence-corrected chi connectivity index (χ3v) is 2.61. The van der Waals surface area contributed by atoms with Crippen LogP contribution in [0.25, 0.3) is 0 Å². The van der Waals surface area contributed by atoms with Gasteiger partial charge in [-0.25, -0.2) is 0 Å². The van der Waals surface area contributed by atoms with E-state index in [4.69, 9.17) is 0 Å². The predicted octanol–water partition coefficient (Wildman–Crippen LogP) is 1.93. The Morgan fingerprint density at radius 3 is 2.81 bits per heavy atom. The Labute approximate surface area is 97.5 Å². The van der Waals surface area contributed by atoms with Crippen LogP contribution in [0.2, 0.25) is 0 Å². The first kappa shape index (κ1) is 12.7. The van der Waals surface area contributed by atoms with Crippen LogP contribution in [0.5, 0.6) is 0 Å². The zero-order valence-corrected chi connectivity index (χ0v) is 10.3. The molecule has 0 unspecified atom stereocenters. The summed E-state index contributed by atoms with van der Waals surface area (Å²) in [6.45, 7) is 3.60. The van der Waals surface area contributed by atoms with E-state index in [0.717, 1.165) is 30.8 Å². The van der Waals surface area contributed by atoms with E-state index in [0.29, 0.717) is 0 Å². The average Bonchev–Trinajstić information content (AvgIpc) is 2.29. The van der Waals surface area contributed by atoms with Crippen molar-refractivity contribution < 1.29 is 4.79 Å². The number of hydrogen-bond donors (Lipinski definition) is 1. The lowest BCUT2D eigenvalue weighted by Gasteiger charge is -2.19. The largest absolute Gasteiger partial charge is 0.375 e. The highest BCUT2D eigenvalue weighted by atomic mass is 16.1. The summed E-state index contributed by atoms with van der Waals surface area (Å²) in [7, 11) is 4.01. The van der Waals surface area contributed by atoms with E-state index in [1.807, 2.05) is 31.3 Å². The standard InChI is InChI=1S/C13H20N2O/c1-11(16)12-6-4-7-13(10-12)15(3)9-5-8-14-2/h4,6-7,10,14H,5,8-9H2,1-3H3. The first-order chi connectivity index (χ1) is 7.65. The van der Waals surface area contributed by atoms with Crippen LogP contribution in [0.3, 0.4) is 0 Å². The number of anilines is 1. The lowest BCUT2D eigenvalue weighted by Crippen LogP contribution is -2.22. The third-order valence-electron chi connectivity index (χ3n) is 2.61. The van der Waals surface area contributed by atoms with E-state index < -0.39 is 0 Å². The molecule has 3 nitrogen and oxygen atoms in total. The van der Waals surface area contributed by atoms with Gasteiger partial charge in [0.1, 0.15) is 0 Å². The molecule has 0 saturated heterocycles. The van der Waals surface area contributed by atoms with Crippen LogP contribution in [0, 0.1) is 0 Å². The molecule has 0 heterocycles. The van der Waals surface area contributed by atoms with E-state index in [1.165, 1.54) is 0 Å². The molecule has 0 aliphatic carbocycles. The van der Waals surface area contributed by atoms with Crippen LogP contribution < -0.4 is 10.2 Å². The Morgan fingerprint density at radius 1 is 1.44 bits per heavy atom. The summed E-state index contributed by atoms with van der Waals surface area (Å²) in [4.78, 5) is 13.4. The molecular weight excluding hydrogens is 200 g/mol. The van der Waals surface area contributed by atoms with Crippen molar-refractivity contribution in [1.29, 1.82) is 0 Å². The monoisotopic (exact) mass is 220 g/mol. The molecule has 0 aromatic heterocycles. The fourth-order valence-electron chi connectivity index (χ4n) is 1.58. The minimum atomic E-state index is 0.116. The maximum atomic E-state index is 11.3. The van der Waals surface area contributed by atoms with E-state index in [1.54, 1.807) is 6.92 Å². The molecular formula is C13H20N2O. The normalized spacial score (nSPS) is 10.2. The zero-order chi connectivity index (χ0) is 12.0. The summed E-state index contributed by atoms with van der Waals surface area (Å²) in [5, 5.41) is 3.12. The molecule has 0 saturated carbocycles. The minimum absolute atomic E-state index is 0.116.